The van der Waals surface area contributed by atoms with Crippen LogP contribution in [-0.4, -0.2) is 25.3 Å². The first kappa shape index (κ1) is 19.3. The highest BCUT2D eigenvalue weighted by atomic mass is 16.5. The first-order valence-electron chi connectivity index (χ1n) is 8.77. The molecular weight excluding hydrogens is 312 g/mol. The zero-order valence-corrected chi connectivity index (χ0v) is 15.7. The summed E-state index contributed by atoms with van der Waals surface area (Å²) in [5, 5.41) is 0. The Morgan fingerprint density at radius 1 is 0.720 bits per heavy atom. The largest absolute Gasteiger partial charge is 0.492 e. The van der Waals surface area contributed by atoms with Crippen molar-refractivity contribution in [3.8, 4) is 11.5 Å². The summed E-state index contributed by atoms with van der Waals surface area (Å²) in [5.74, 6) is 1.69. The van der Waals surface area contributed by atoms with Crippen LogP contribution in [0.1, 0.15) is 38.8 Å². The zero-order chi connectivity index (χ0) is 18.4. The van der Waals surface area contributed by atoms with Gasteiger partial charge in [0.05, 0.1) is 0 Å². The summed E-state index contributed by atoms with van der Waals surface area (Å²) in [7, 11) is 0. The Bertz CT molecular complexity index is 589. The average Bonchev–Trinajstić information content (AvgIpc) is 2.59. The number of hydrogen-bond donors (Lipinski definition) is 2. The van der Waals surface area contributed by atoms with Gasteiger partial charge in [-0.2, -0.15) is 0 Å². The lowest BCUT2D eigenvalue weighted by Gasteiger charge is -2.26. The van der Waals surface area contributed by atoms with Crippen LogP contribution in [0.25, 0.3) is 0 Å². The predicted octanol–water partition coefficient (Wildman–Crippen LogP) is 3.46. The first-order valence-corrected chi connectivity index (χ1v) is 8.77. The maximum absolute atomic E-state index is 5.72. The quantitative estimate of drug-likeness (QED) is 0.771. The van der Waals surface area contributed by atoms with Crippen LogP contribution < -0.4 is 20.9 Å². The minimum absolute atomic E-state index is 0.0270. The van der Waals surface area contributed by atoms with E-state index in [9.17, 15) is 0 Å². The van der Waals surface area contributed by atoms with E-state index < -0.39 is 0 Å². The maximum atomic E-state index is 5.72. The van der Waals surface area contributed by atoms with E-state index in [1.54, 1.807) is 0 Å². The topological polar surface area (TPSA) is 70.5 Å². The Labute approximate surface area is 151 Å². The van der Waals surface area contributed by atoms with E-state index in [0.29, 0.717) is 13.2 Å². The number of ether oxygens (including phenoxy) is 2. The van der Waals surface area contributed by atoms with Crippen LogP contribution in [0.3, 0.4) is 0 Å². The van der Waals surface area contributed by atoms with Crippen LogP contribution in [0.4, 0.5) is 0 Å². The molecule has 0 aliphatic carbocycles. The maximum Gasteiger partial charge on any atom is 0.119 e. The molecule has 0 saturated heterocycles. The fourth-order valence-corrected chi connectivity index (χ4v) is 2.56. The van der Waals surface area contributed by atoms with Gasteiger partial charge in [0.25, 0.3) is 0 Å². The highest BCUT2D eigenvalue weighted by Crippen LogP contribution is 2.33. The monoisotopic (exact) mass is 342 g/mol. The summed E-state index contributed by atoms with van der Waals surface area (Å²) in [6.45, 7) is 9.32. The molecule has 0 amide bonds. The summed E-state index contributed by atoms with van der Waals surface area (Å²) in [5.41, 5.74) is 13.8. The molecule has 0 aliphatic heterocycles. The van der Waals surface area contributed by atoms with Gasteiger partial charge in [-0.25, -0.2) is 0 Å². The number of rotatable bonds is 8. The molecular formula is C21H30N2O2. The van der Waals surface area contributed by atoms with E-state index in [0.717, 1.165) is 11.5 Å². The van der Waals surface area contributed by atoms with Crippen LogP contribution in [0.2, 0.25) is 0 Å². The van der Waals surface area contributed by atoms with E-state index in [1.165, 1.54) is 11.1 Å². The molecule has 2 aromatic carbocycles. The second kappa shape index (κ2) is 8.37. The SMILES string of the molecule is CC(N)COc1ccc(C(C)(C)c2ccc(OCC(C)N)cc2)cc1. The van der Waals surface area contributed by atoms with E-state index in [4.69, 9.17) is 20.9 Å². The van der Waals surface area contributed by atoms with Crippen LogP contribution in [-0.2, 0) is 5.41 Å². The lowest BCUT2D eigenvalue weighted by molar-refractivity contribution is 0.296. The van der Waals surface area contributed by atoms with Gasteiger partial charge < -0.3 is 20.9 Å². The van der Waals surface area contributed by atoms with Crippen LogP contribution >= 0.6 is 0 Å². The fourth-order valence-electron chi connectivity index (χ4n) is 2.56. The molecule has 0 radical (unpaired) electrons. The first-order chi connectivity index (χ1) is 11.8. The third-order valence-electron chi connectivity index (χ3n) is 4.18. The molecule has 25 heavy (non-hydrogen) atoms. The van der Waals surface area contributed by atoms with Crippen molar-refractivity contribution in [2.45, 2.75) is 45.2 Å². The van der Waals surface area contributed by atoms with Crippen LogP contribution in [0.15, 0.2) is 48.5 Å². The van der Waals surface area contributed by atoms with Crippen LogP contribution in [0.5, 0.6) is 11.5 Å². The fraction of sp³-hybridized carbons (Fsp3) is 0.429. The second-order valence-electron chi connectivity index (χ2n) is 7.25. The lowest BCUT2D eigenvalue weighted by atomic mass is 9.78. The average molecular weight is 342 g/mol. The van der Waals surface area contributed by atoms with Crippen molar-refractivity contribution in [2.75, 3.05) is 13.2 Å². The molecule has 0 heterocycles. The molecule has 0 saturated carbocycles. The van der Waals surface area contributed by atoms with Crippen molar-refractivity contribution >= 4 is 0 Å². The number of benzene rings is 2. The summed E-state index contributed by atoms with van der Waals surface area (Å²) >= 11 is 0. The molecule has 0 bridgehead atoms. The third-order valence-corrected chi connectivity index (χ3v) is 4.18. The standard InChI is InChI=1S/C21H30N2O2/c1-15(22)13-24-19-9-5-17(6-10-19)21(3,4)18-7-11-20(12-8-18)25-14-16(2)23/h5-12,15-16H,13-14,22-23H2,1-4H3. The molecule has 4 N–H and O–H groups in total. The molecule has 2 aromatic rings. The van der Waals surface area contributed by atoms with Crippen molar-refractivity contribution in [1.29, 1.82) is 0 Å². The Morgan fingerprint density at radius 3 is 1.32 bits per heavy atom. The molecule has 0 aliphatic rings. The Kier molecular flexibility index (Phi) is 6.45. The number of nitrogens with two attached hydrogens (primary N) is 2. The summed E-state index contributed by atoms with van der Waals surface area (Å²) in [6.07, 6.45) is 0. The van der Waals surface area contributed by atoms with Gasteiger partial charge in [-0.15, -0.1) is 0 Å². The summed E-state index contributed by atoms with van der Waals surface area (Å²) in [6, 6.07) is 16.5. The van der Waals surface area contributed by atoms with Crippen LogP contribution in [0, 0.1) is 0 Å². The Morgan fingerprint density at radius 2 is 1.04 bits per heavy atom. The van der Waals surface area contributed by atoms with Crippen molar-refractivity contribution in [3.05, 3.63) is 59.7 Å². The van der Waals surface area contributed by atoms with Gasteiger partial charge in [-0.3, -0.25) is 0 Å². The molecule has 2 unspecified atom stereocenters. The number of hydrogen-bond acceptors (Lipinski definition) is 4. The molecule has 0 spiro atoms. The van der Waals surface area contributed by atoms with E-state index in [1.807, 2.05) is 38.1 Å². The smallest absolute Gasteiger partial charge is 0.119 e. The molecule has 2 atom stereocenters. The Hall–Kier alpha value is -2.04. The van der Waals surface area contributed by atoms with E-state index in [-0.39, 0.29) is 17.5 Å². The normalized spacial score (nSPS) is 14.0. The van der Waals surface area contributed by atoms with Crippen molar-refractivity contribution in [1.82, 2.24) is 0 Å². The van der Waals surface area contributed by atoms with E-state index in [2.05, 4.69) is 38.1 Å². The van der Waals surface area contributed by atoms with Crippen molar-refractivity contribution in [3.63, 3.8) is 0 Å². The predicted molar refractivity (Wildman–Crippen MR) is 103 cm³/mol. The summed E-state index contributed by atoms with van der Waals surface area (Å²) in [4.78, 5) is 0. The molecule has 4 heteroatoms. The molecule has 2 rings (SSSR count). The zero-order valence-electron chi connectivity index (χ0n) is 15.7. The molecule has 4 nitrogen and oxygen atoms in total. The minimum atomic E-state index is -0.112. The van der Waals surface area contributed by atoms with Gasteiger partial charge >= 0.3 is 0 Å². The van der Waals surface area contributed by atoms with Crippen molar-refractivity contribution < 1.29 is 9.47 Å². The highest BCUT2D eigenvalue weighted by Gasteiger charge is 2.23. The minimum Gasteiger partial charge on any atom is -0.492 e. The Balaban J connectivity index is 2.09. The van der Waals surface area contributed by atoms with Gasteiger partial charge in [-0.1, -0.05) is 38.1 Å². The molecule has 136 valence electrons. The second-order valence-corrected chi connectivity index (χ2v) is 7.25. The van der Waals surface area contributed by atoms with Gasteiger partial charge in [0.2, 0.25) is 0 Å². The van der Waals surface area contributed by atoms with Gasteiger partial charge in [0.15, 0.2) is 0 Å². The van der Waals surface area contributed by atoms with Gasteiger partial charge in [0, 0.05) is 17.5 Å². The van der Waals surface area contributed by atoms with Gasteiger partial charge in [0.1, 0.15) is 24.7 Å². The lowest BCUT2D eigenvalue weighted by Crippen LogP contribution is -2.24. The summed E-state index contributed by atoms with van der Waals surface area (Å²) < 4.78 is 11.3. The highest BCUT2D eigenvalue weighted by molar-refractivity contribution is 5.41. The third kappa shape index (κ3) is 5.48. The molecule has 0 fully saturated rings. The van der Waals surface area contributed by atoms with Crippen molar-refractivity contribution in [2.24, 2.45) is 11.5 Å². The molecule has 0 aromatic heterocycles. The van der Waals surface area contributed by atoms with E-state index >= 15 is 0 Å². The van der Waals surface area contributed by atoms with Gasteiger partial charge in [-0.05, 0) is 49.2 Å².